The van der Waals surface area contributed by atoms with Crippen molar-refractivity contribution in [3.8, 4) is 11.3 Å². The van der Waals surface area contributed by atoms with Gasteiger partial charge in [0.25, 0.3) is 0 Å². The second-order valence-corrected chi connectivity index (χ2v) is 4.79. The minimum atomic E-state index is -4.44. The average Bonchev–Trinajstić information content (AvgIpc) is 2.48. The average molecular weight is 310 g/mol. The quantitative estimate of drug-likeness (QED) is 0.832. The molecule has 118 valence electrons. The molecule has 0 fully saturated rings. The van der Waals surface area contributed by atoms with Gasteiger partial charge in [-0.05, 0) is 26.0 Å². The van der Waals surface area contributed by atoms with Gasteiger partial charge in [-0.2, -0.15) is 13.2 Å². The Kier molecular flexibility index (Phi) is 4.97. The molecule has 2 rings (SSSR count). The first-order valence-electron chi connectivity index (χ1n) is 6.87. The first-order valence-corrected chi connectivity index (χ1v) is 6.87. The summed E-state index contributed by atoms with van der Waals surface area (Å²) in [5.41, 5.74) is 5.47. The van der Waals surface area contributed by atoms with Crippen LogP contribution in [-0.4, -0.2) is 23.1 Å². The third kappa shape index (κ3) is 3.73. The molecule has 0 unspecified atom stereocenters. The lowest BCUT2D eigenvalue weighted by Crippen LogP contribution is -2.12. The van der Waals surface area contributed by atoms with Crippen LogP contribution in [0.2, 0.25) is 0 Å². The van der Waals surface area contributed by atoms with Crippen molar-refractivity contribution in [3.63, 3.8) is 0 Å². The number of hydrogen-bond acceptors (Lipinski definition) is 4. The second-order valence-electron chi connectivity index (χ2n) is 4.79. The third-order valence-electron chi connectivity index (χ3n) is 3.09. The predicted octanol–water partition coefficient (Wildman–Crippen LogP) is 3.23. The molecule has 3 N–H and O–H groups in total. The number of aromatic nitrogens is 2. The zero-order valence-corrected chi connectivity index (χ0v) is 12.1. The molecule has 7 heteroatoms. The summed E-state index contributed by atoms with van der Waals surface area (Å²) in [5.74, 6) is 0.413. The van der Waals surface area contributed by atoms with E-state index in [1.54, 1.807) is 13.0 Å². The van der Waals surface area contributed by atoms with Crippen LogP contribution < -0.4 is 11.1 Å². The van der Waals surface area contributed by atoms with Gasteiger partial charge in [0.15, 0.2) is 0 Å². The van der Waals surface area contributed by atoms with Gasteiger partial charge in [0.05, 0.1) is 23.1 Å². The number of halogens is 3. The molecule has 0 bridgehead atoms. The molecular formula is C15H17F3N4. The van der Waals surface area contributed by atoms with E-state index in [2.05, 4.69) is 15.3 Å². The summed E-state index contributed by atoms with van der Waals surface area (Å²) in [7, 11) is 0. The van der Waals surface area contributed by atoms with Crippen molar-refractivity contribution >= 4 is 5.69 Å². The molecule has 0 amide bonds. The van der Waals surface area contributed by atoms with Gasteiger partial charge in [-0.3, -0.25) is 0 Å². The molecule has 0 radical (unpaired) electrons. The fourth-order valence-corrected chi connectivity index (χ4v) is 2.07. The molecule has 0 saturated heterocycles. The SMILES string of the molecule is Cc1ncc(NCCCN)c(-c2ccccc2C(F)(F)F)n1. The zero-order valence-electron chi connectivity index (χ0n) is 12.1. The van der Waals surface area contributed by atoms with E-state index in [0.717, 1.165) is 6.07 Å². The molecule has 0 aliphatic heterocycles. The fraction of sp³-hybridized carbons (Fsp3) is 0.333. The standard InChI is InChI=1S/C15H17F3N4/c1-10-21-9-13(20-8-4-7-19)14(22-10)11-5-2-3-6-12(11)15(16,17)18/h2-3,5-6,9,20H,4,7-8,19H2,1H3. The number of nitrogens with zero attached hydrogens (tertiary/aromatic N) is 2. The molecule has 1 aromatic carbocycles. The van der Waals surface area contributed by atoms with Crippen LogP contribution in [0.5, 0.6) is 0 Å². The molecule has 1 heterocycles. The maximum Gasteiger partial charge on any atom is 0.417 e. The van der Waals surface area contributed by atoms with E-state index < -0.39 is 11.7 Å². The van der Waals surface area contributed by atoms with Crippen molar-refractivity contribution < 1.29 is 13.2 Å². The minimum absolute atomic E-state index is 0.0377. The zero-order chi connectivity index (χ0) is 16.2. The summed E-state index contributed by atoms with van der Waals surface area (Å²) in [5, 5.41) is 3.05. The van der Waals surface area contributed by atoms with Crippen molar-refractivity contribution in [3.05, 3.63) is 41.9 Å². The Morgan fingerprint density at radius 1 is 1.23 bits per heavy atom. The summed E-state index contributed by atoms with van der Waals surface area (Å²) in [6.07, 6.45) is -2.24. The number of nitrogens with one attached hydrogen (secondary N) is 1. The molecule has 0 aliphatic rings. The van der Waals surface area contributed by atoms with Gasteiger partial charge < -0.3 is 11.1 Å². The minimum Gasteiger partial charge on any atom is -0.382 e. The first-order chi connectivity index (χ1) is 10.4. The first kappa shape index (κ1) is 16.2. The van der Waals surface area contributed by atoms with Gasteiger partial charge in [-0.1, -0.05) is 18.2 Å². The van der Waals surface area contributed by atoms with Crippen molar-refractivity contribution in [2.45, 2.75) is 19.5 Å². The van der Waals surface area contributed by atoms with Crippen LogP contribution in [0.3, 0.4) is 0 Å². The molecule has 22 heavy (non-hydrogen) atoms. The molecule has 1 aromatic heterocycles. The lowest BCUT2D eigenvalue weighted by Gasteiger charge is -2.16. The highest BCUT2D eigenvalue weighted by atomic mass is 19.4. The smallest absolute Gasteiger partial charge is 0.382 e. The number of nitrogens with two attached hydrogens (primary N) is 1. The topological polar surface area (TPSA) is 63.8 Å². The monoisotopic (exact) mass is 310 g/mol. The van der Waals surface area contributed by atoms with Crippen molar-refractivity contribution in [2.75, 3.05) is 18.4 Å². The van der Waals surface area contributed by atoms with Gasteiger partial charge in [-0.15, -0.1) is 0 Å². The maximum atomic E-state index is 13.2. The van der Waals surface area contributed by atoms with Gasteiger partial charge in [0.2, 0.25) is 0 Å². The largest absolute Gasteiger partial charge is 0.417 e. The lowest BCUT2D eigenvalue weighted by molar-refractivity contribution is -0.137. The van der Waals surface area contributed by atoms with Crippen molar-refractivity contribution in [1.29, 1.82) is 0 Å². The normalized spacial score (nSPS) is 11.5. The van der Waals surface area contributed by atoms with E-state index in [9.17, 15) is 13.2 Å². The van der Waals surface area contributed by atoms with Crippen LogP contribution in [-0.2, 0) is 6.18 Å². The summed E-state index contributed by atoms with van der Waals surface area (Å²) < 4.78 is 39.6. The van der Waals surface area contributed by atoms with E-state index in [1.165, 1.54) is 18.3 Å². The number of aryl methyl sites for hydroxylation is 1. The number of benzene rings is 1. The number of anilines is 1. The number of hydrogen-bond donors (Lipinski definition) is 2. The van der Waals surface area contributed by atoms with Crippen LogP contribution in [0.25, 0.3) is 11.3 Å². The van der Waals surface area contributed by atoms with Gasteiger partial charge in [0.1, 0.15) is 5.82 Å². The van der Waals surface area contributed by atoms with E-state index in [0.29, 0.717) is 31.0 Å². The van der Waals surface area contributed by atoms with Crippen LogP contribution in [0.15, 0.2) is 30.5 Å². The van der Waals surface area contributed by atoms with Crippen LogP contribution in [0.1, 0.15) is 17.8 Å². The molecular weight excluding hydrogens is 293 g/mol. The molecule has 0 aliphatic carbocycles. The van der Waals surface area contributed by atoms with Gasteiger partial charge in [0, 0.05) is 12.1 Å². The van der Waals surface area contributed by atoms with Crippen LogP contribution >= 0.6 is 0 Å². The predicted molar refractivity (Wildman–Crippen MR) is 79.4 cm³/mol. The second kappa shape index (κ2) is 6.74. The Morgan fingerprint density at radius 3 is 2.64 bits per heavy atom. The van der Waals surface area contributed by atoms with E-state index >= 15 is 0 Å². The highest BCUT2D eigenvalue weighted by molar-refractivity contribution is 5.76. The Balaban J connectivity index is 2.50. The van der Waals surface area contributed by atoms with Crippen LogP contribution in [0, 0.1) is 6.92 Å². The Morgan fingerprint density at radius 2 is 1.95 bits per heavy atom. The highest BCUT2D eigenvalue weighted by Crippen LogP contribution is 2.38. The third-order valence-corrected chi connectivity index (χ3v) is 3.09. The summed E-state index contributed by atoms with van der Waals surface area (Å²) >= 11 is 0. The highest BCUT2D eigenvalue weighted by Gasteiger charge is 2.34. The number of alkyl halides is 3. The van der Waals surface area contributed by atoms with E-state index in [4.69, 9.17) is 5.73 Å². The summed E-state index contributed by atoms with van der Waals surface area (Å²) in [4.78, 5) is 8.24. The molecule has 0 saturated carbocycles. The maximum absolute atomic E-state index is 13.2. The molecule has 2 aromatic rings. The van der Waals surface area contributed by atoms with Gasteiger partial charge in [-0.25, -0.2) is 9.97 Å². The molecule has 4 nitrogen and oxygen atoms in total. The van der Waals surface area contributed by atoms with E-state index in [-0.39, 0.29) is 11.3 Å². The Bertz CT molecular complexity index is 641. The summed E-state index contributed by atoms with van der Waals surface area (Å²) in [6, 6.07) is 5.39. The Hall–Kier alpha value is -2.15. The molecule has 0 spiro atoms. The number of rotatable bonds is 5. The molecule has 0 atom stereocenters. The fourth-order valence-electron chi connectivity index (χ4n) is 2.07. The van der Waals surface area contributed by atoms with Crippen LogP contribution in [0.4, 0.5) is 18.9 Å². The van der Waals surface area contributed by atoms with Gasteiger partial charge >= 0.3 is 6.18 Å². The Labute approximate surface area is 126 Å². The van der Waals surface area contributed by atoms with Crippen molar-refractivity contribution in [1.82, 2.24) is 9.97 Å². The van der Waals surface area contributed by atoms with Crippen molar-refractivity contribution in [2.24, 2.45) is 5.73 Å². The lowest BCUT2D eigenvalue weighted by atomic mass is 10.0. The summed E-state index contributed by atoms with van der Waals surface area (Å²) in [6.45, 7) is 2.68. The van der Waals surface area contributed by atoms with E-state index in [1.807, 2.05) is 0 Å².